The number of hydrogen-bond acceptors (Lipinski definition) is 2. The molecule has 2 N–H and O–H groups in total. The zero-order valence-corrected chi connectivity index (χ0v) is 12.1. The molecule has 0 bridgehead atoms. The van der Waals surface area contributed by atoms with Crippen LogP contribution in [-0.2, 0) is 11.3 Å². The van der Waals surface area contributed by atoms with Gasteiger partial charge in [-0.15, -0.1) is 0 Å². The molecule has 1 saturated carbocycles. The topological polar surface area (TPSA) is 46.3 Å². The summed E-state index contributed by atoms with van der Waals surface area (Å²) in [5.74, 6) is 0.115. The molecule has 0 aliphatic heterocycles. The second-order valence-corrected chi connectivity index (χ2v) is 6.06. The lowest BCUT2D eigenvalue weighted by Gasteiger charge is -2.26. The van der Waals surface area contributed by atoms with Gasteiger partial charge >= 0.3 is 0 Å². The maximum absolute atomic E-state index is 12.2. The molecule has 0 atom stereocenters. The van der Waals surface area contributed by atoms with Crippen molar-refractivity contribution in [2.24, 2.45) is 5.73 Å². The minimum atomic E-state index is -0.278. The van der Waals surface area contributed by atoms with Crippen molar-refractivity contribution in [1.29, 1.82) is 0 Å². The molecule has 2 rings (SSSR count). The monoisotopic (exact) mass is 280 g/mol. The van der Waals surface area contributed by atoms with E-state index < -0.39 is 0 Å². The first-order valence-electron chi connectivity index (χ1n) is 6.76. The maximum atomic E-state index is 12.2. The van der Waals surface area contributed by atoms with Crippen LogP contribution in [0.1, 0.15) is 37.7 Å². The first-order valence-corrected chi connectivity index (χ1v) is 7.14. The van der Waals surface area contributed by atoms with Crippen LogP contribution in [-0.4, -0.2) is 23.4 Å². The molecule has 0 spiro atoms. The maximum Gasteiger partial charge on any atom is 0.224 e. The van der Waals surface area contributed by atoms with Gasteiger partial charge in [0.15, 0.2) is 0 Å². The normalized spacial score (nSPS) is 17.4. The van der Waals surface area contributed by atoms with Crippen LogP contribution in [0.25, 0.3) is 0 Å². The van der Waals surface area contributed by atoms with Crippen molar-refractivity contribution in [2.75, 3.05) is 7.05 Å². The van der Waals surface area contributed by atoms with E-state index in [1.807, 2.05) is 31.3 Å². The molecule has 1 amide bonds. The number of hydrogen-bond donors (Lipinski definition) is 1. The van der Waals surface area contributed by atoms with E-state index in [0.717, 1.165) is 31.2 Å². The van der Waals surface area contributed by atoms with Crippen LogP contribution in [0.5, 0.6) is 0 Å². The number of halogens is 1. The summed E-state index contributed by atoms with van der Waals surface area (Å²) in [6.07, 6.45) is 4.65. The fourth-order valence-corrected chi connectivity index (χ4v) is 2.90. The second-order valence-electron chi connectivity index (χ2n) is 5.63. The summed E-state index contributed by atoms with van der Waals surface area (Å²) in [5.41, 5.74) is 7.01. The number of nitrogens with two attached hydrogens (primary N) is 1. The van der Waals surface area contributed by atoms with Gasteiger partial charge in [0.2, 0.25) is 5.91 Å². The Bertz CT molecular complexity index is 455. The van der Waals surface area contributed by atoms with Gasteiger partial charge in [0.05, 0.1) is 0 Å². The quantitative estimate of drug-likeness (QED) is 0.922. The summed E-state index contributed by atoms with van der Waals surface area (Å²) >= 11 is 5.94. The van der Waals surface area contributed by atoms with Gasteiger partial charge < -0.3 is 10.6 Å². The molecule has 0 saturated heterocycles. The van der Waals surface area contributed by atoms with Crippen LogP contribution in [0, 0.1) is 0 Å². The number of amides is 1. The SMILES string of the molecule is CN(Cc1cccc(Cl)c1)C(=O)CC1(N)CCCC1. The zero-order chi connectivity index (χ0) is 13.9. The van der Waals surface area contributed by atoms with E-state index in [9.17, 15) is 4.79 Å². The Hall–Kier alpha value is -1.06. The molecule has 3 nitrogen and oxygen atoms in total. The van der Waals surface area contributed by atoms with Crippen LogP contribution in [0.15, 0.2) is 24.3 Å². The van der Waals surface area contributed by atoms with Gasteiger partial charge in [0.1, 0.15) is 0 Å². The summed E-state index contributed by atoms with van der Waals surface area (Å²) in [6, 6.07) is 7.60. The van der Waals surface area contributed by atoms with E-state index in [2.05, 4.69) is 0 Å². The van der Waals surface area contributed by atoms with E-state index in [4.69, 9.17) is 17.3 Å². The zero-order valence-electron chi connectivity index (χ0n) is 11.4. The molecule has 0 aromatic heterocycles. The molecule has 1 aliphatic carbocycles. The summed E-state index contributed by atoms with van der Waals surface area (Å²) in [6.45, 7) is 0.579. The number of benzene rings is 1. The largest absolute Gasteiger partial charge is 0.341 e. The lowest BCUT2D eigenvalue weighted by atomic mass is 9.94. The van der Waals surface area contributed by atoms with Crippen molar-refractivity contribution in [1.82, 2.24) is 4.90 Å². The Morgan fingerprint density at radius 3 is 2.74 bits per heavy atom. The summed E-state index contributed by atoms with van der Waals surface area (Å²) < 4.78 is 0. The van der Waals surface area contributed by atoms with Gasteiger partial charge in [0.25, 0.3) is 0 Å². The first kappa shape index (κ1) is 14.4. The summed E-state index contributed by atoms with van der Waals surface area (Å²) in [7, 11) is 1.82. The average Bonchev–Trinajstić information content (AvgIpc) is 2.75. The lowest BCUT2D eigenvalue weighted by molar-refractivity contribution is -0.131. The number of rotatable bonds is 4. The highest BCUT2D eigenvalue weighted by Gasteiger charge is 2.32. The molecule has 4 heteroatoms. The van der Waals surface area contributed by atoms with Crippen molar-refractivity contribution in [2.45, 2.75) is 44.2 Å². The first-order chi connectivity index (χ1) is 8.98. The third-order valence-electron chi connectivity index (χ3n) is 3.84. The van der Waals surface area contributed by atoms with Crippen LogP contribution in [0.3, 0.4) is 0 Å². The second kappa shape index (κ2) is 5.93. The molecule has 1 fully saturated rings. The van der Waals surface area contributed by atoms with Gasteiger partial charge in [-0.2, -0.15) is 0 Å². The number of carbonyl (C=O) groups is 1. The van der Waals surface area contributed by atoms with Crippen LogP contribution < -0.4 is 5.73 Å². The Labute approximate surface area is 119 Å². The molecular formula is C15H21ClN2O. The van der Waals surface area contributed by atoms with Gasteiger partial charge in [-0.3, -0.25) is 4.79 Å². The molecule has 1 aromatic rings. The Morgan fingerprint density at radius 2 is 2.11 bits per heavy atom. The Kier molecular flexibility index (Phi) is 4.48. The smallest absolute Gasteiger partial charge is 0.224 e. The van der Waals surface area contributed by atoms with E-state index in [1.54, 1.807) is 4.90 Å². The standard InChI is InChI=1S/C15H21ClN2O/c1-18(11-12-5-4-6-13(16)9-12)14(19)10-15(17)7-2-3-8-15/h4-6,9H,2-3,7-8,10-11,17H2,1H3. The van der Waals surface area contributed by atoms with Crippen LogP contribution in [0.4, 0.5) is 0 Å². The molecule has 1 aliphatic rings. The summed E-state index contributed by atoms with van der Waals surface area (Å²) in [4.78, 5) is 13.9. The third-order valence-corrected chi connectivity index (χ3v) is 4.07. The van der Waals surface area contributed by atoms with E-state index in [1.165, 1.54) is 0 Å². The molecule has 1 aromatic carbocycles. The van der Waals surface area contributed by atoms with Gasteiger partial charge in [-0.25, -0.2) is 0 Å². The molecule has 0 heterocycles. The highest BCUT2D eigenvalue weighted by Crippen LogP contribution is 2.30. The van der Waals surface area contributed by atoms with Gasteiger partial charge in [-0.1, -0.05) is 36.6 Å². The molecule has 0 unspecified atom stereocenters. The minimum Gasteiger partial charge on any atom is -0.341 e. The molecule has 19 heavy (non-hydrogen) atoms. The predicted molar refractivity (Wildman–Crippen MR) is 77.9 cm³/mol. The Morgan fingerprint density at radius 1 is 1.42 bits per heavy atom. The fraction of sp³-hybridized carbons (Fsp3) is 0.533. The van der Waals surface area contributed by atoms with Crippen molar-refractivity contribution in [3.8, 4) is 0 Å². The van der Waals surface area contributed by atoms with E-state index in [-0.39, 0.29) is 11.4 Å². The number of carbonyl (C=O) groups excluding carboxylic acids is 1. The van der Waals surface area contributed by atoms with Crippen LogP contribution >= 0.6 is 11.6 Å². The van der Waals surface area contributed by atoms with Gasteiger partial charge in [0, 0.05) is 30.6 Å². The molecular weight excluding hydrogens is 260 g/mol. The van der Waals surface area contributed by atoms with Crippen molar-refractivity contribution >= 4 is 17.5 Å². The van der Waals surface area contributed by atoms with E-state index in [0.29, 0.717) is 18.0 Å². The average molecular weight is 281 g/mol. The summed E-state index contributed by atoms with van der Waals surface area (Å²) in [5, 5.41) is 0.699. The highest BCUT2D eigenvalue weighted by atomic mass is 35.5. The lowest BCUT2D eigenvalue weighted by Crippen LogP contribution is -2.42. The van der Waals surface area contributed by atoms with Crippen LogP contribution in [0.2, 0.25) is 5.02 Å². The Balaban J connectivity index is 1.92. The van der Waals surface area contributed by atoms with Crippen molar-refractivity contribution in [3.63, 3.8) is 0 Å². The van der Waals surface area contributed by atoms with Gasteiger partial charge in [-0.05, 0) is 30.5 Å². The highest BCUT2D eigenvalue weighted by molar-refractivity contribution is 6.30. The molecule has 104 valence electrons. The van der Waals surface area contributed by atoms with E-state index >= 15 is 0 Å². The predicted octanol–water partition coefficient (Wildman–Crippen LogP) is 2.96. The fourth-order valence-electron chi connectivity index (χ4n) is 2.69. The van der Waals surface area contributed by atoms with Crippen molar-refractivity contribution in [3.05, 3.63) is 34.9 Å². The minimum absolute atomic E-state index is 0.115. The van der Waals surface area contributed by atoms with Crippen molar-refractivity contribution < 1.29 is 4.79 Å². The number of nitrogens with zero attached hydrogens (tertiary/aromatic N) is 1. The molecule has 0 radical (unpaired) electrons. The third kappa shape index (κ3) is 3.95.